The lowest BCUT2D eigenvalue weighted by Crippen LogP contribution is -2.27. The fraction of sp³-hybridized carbons (Fsp3) is 0.667. The van der Waals surface area contributed by atoms with Gasteiger partial charge in [0.1, 0.15) is 0 Å². The molecule has 0 atom stereocenters. The lowest BCUT2D eigenvalue weighted by Gasteiger charge is -2.23. The maximum atomic E-state index is 3.52. The van der Waals surface area contributed by atoms with Gasteiger partial charge in [-0.1, -0.05) is 38.1 Å². The van der Waals surface area contributed by atoms with E-state index in [1.165, 1.54) is 30.5 Å². The third kappa shape index (κ3) is 7.60. The Hall–Kier alpha value is -0.900. The van der Waals surface area contributed by atoms with Crippen molar-refractivity contribution in [2.75, 3.05) is 40.3 Å². The van der Waals surface area contributed by atoms with Crippen molar-refractivity contribution in [2.24, 2.45) is 0 Å². The standard InChI is InChI=1S/C18H33N3/c1-5-12-19-15-17-10-7-8-11-18(17)16-21(6-2)14-9-13-20(3)4/h7-8,10-11,19H,5-6,9,12-16H2,1-4H3. The van der Waals surface area contributed by atoms with Gasteiger partial charge in [0.2, 0.25) is 0 Å². The van der Waals surface area contributed by atoms with Gasteiger partial charge < -0.3 is 10.2 Å². The largest absolute Gasteiger partial charge is 0.313 e. The van der Waals surface area contributed by atoms with Crippen LogP contribution in [0.4, 0.5) is 0 Å². The molecule has 0 radical (unpaired) electrons. The molecular weight excluding hydrogens is 258 g/mol. The van der Waals surface area contributed by atoms with Crippen LogP contribution in [0.5, 0.6) is 0 Å². The van der Waals surface area contributed by atoms with Crippen molar-refractivity contribution in [2.45, 2.75) is 39.8 Å². The summed E-state index contributed by atoms with van der Waals surface area (Å²) in [6.07, 6.45) is 2.42. The van der Waals surface area contributed by atoms with E-state index < -0.39 is 0 Å². The number of nitrogens with zero attached hydrogens (tertiary/aromatic N) is 2. The van der Waals surface area contributed by atoms with Crippen molar-refractivity contribution in [3.63, 3.8) is 0 Å². The highest BCUT2D eigenvalue weighted by atomic mass is 15.1. The first-order chi connectivity index (χ1) is 10.2. The van der Waals surface area contributed by atoms with Crippen molar-refractivity contribution in [1.82, 2.24) is 15.1 Å². The molecule has 1 rings (SSSR count). The Bertz CT molecular complexity index is 376. The summed E-state index contributed by atoms with van der Waals surface area (Å²) in [6.45, 7) is 11.1. The van der Waals surface area contributed by atoms with Gasteiger partial charge in [-0.25, -0.2) is 0 Å². The zero-order valence-electron chi connectivity index (χ0n) is 14.4. The van der Waals surface area contributed by atoms with Crippen molar-refractivity contribution >= 4 is 0 Å². The first kappa shape index (κ1) is 18.1. The van der Waals surface area contributed by atoms with Gasteiger partial charge >= 0.3 is 0 Å². The van der Waals surface area contributed by atoms with Crippen LogP contribution in [0.25, 0.3) is 0 Å². The van der Waals surface area contributed by atoms with Crippen molar-refractivity contribution < 1.29 is 0 Å². The number of hydrogen-bond acceptors (Lipinski definition) is 3. The number of rotatable bonds is 11. The fourth-order valence-electron chi connectivity index (χ4n) is 2.48. The molecule has 0 aromatic heterocycles. The topological polar surface area (TPSA) is 18.5 Å². The van der Waals surface area contributed by atoms with E-state index in [9.17, 15) is 0 Å². The zero-order chi connectivity index (χ0) is 15.5. The third-order valence-corrected chi connectivity index (χ3v) is 3.78. The smallest absolute Gasteiger partial charge is 0.0236 e. The molecule has 0 bridgehead atoms. The van der Waals surface area contributed by atoms with Crippen LogP contribution in [-0.2, 0) is 13.1 Å². The molecule has 1 aromatic carbocycles. The van der Waals surface area contributed by atoms with Crippen LogP contribution >= 0.6 is 0 Å². The van der Waals surface area contributed by atoms with Gasteiger partial charge in [-0.05, 0) is 64.2 Å². The number of hydrogen-bond donors (Lipinski definition) is 1. The lowest BCUT2D eigenvalue weighted by molar-refractivity contribution is 0.258. The second-order valence-corrected chi connectivity index (χ2v) is 5.97. The van der Waals surface area contributed by atoms with Crippen LogP contribution in [0.1, 0.15) is 37.8 Å². The molecule has 0 amide bonds. The molecule has 0 saturated carbocycles. The van der Waals surface area contributed by atoms with E-state index in [1.807, 2.05) is 0 Å². The van der Waals surface area contributed by atoms with Crippen LogP contribution in [0.2, 0.25) is 0 Å². The Morgan fingerprint density at radius 2 is 1.71 bits per heavy atom. The molecule has 0 saturated heterocycles. The maximum Gasteiger partial charge on any atom is 0.0236 e. The van der Waals surface area contributed by atoms with Crippen molar-refractivity contribution in [1.29, 1.82) is 0 Å². The van der Waals surface area contributed by atoms with E-state index in [-0.39, 0.29) is 0 Å². The first-order valence-corrected chi connectivity index (χ1v) is 8.32. The van der Waals surface area contributed by atoms with Crippen molar-refractivity contribution in [3.8, 4) is 0 Å². The van der Waals surface area contributed by atoms with E-state index in [0.29, 0.717) is 0 Å². The molecule has 0 spiro atoms. The van der Waals surface area contributed by atoms with Crippen LogP contribution < -0.4 is 5.32 Å². The molecule has 0 unspecified atom stereocenters. The Balaban J connectivity index is 2.53. The average Bonchev–Trinajstić information content (AvgIpc) is 2.47. The fourth-order valence-corrected chi connectivity index (χ4v) is 2.48. The molecule has 3 heteroatoms. The predicted octanol–water partition coefficient (Wildman–Crippen LogP) is 2.96. The molecule has 0 heterocycles. The SMILES string of the molecule is CCCNCc1ccccc1CN(CC)CCCN(C)C. The van der Waals surface area contributed by atoms with E-state index in [4.69, 9.17) is 0 Å². The van der Waals surface area contributed by atoms with Gasteiger partial charge in [0.25, 0.3) is 0 Å². The molecule has 3 nitrogen and oxygen atoms in total. The first-order valence-electron chi connectivity index (χ1n) is 8.32. The summed E-state index contributed by atoms with van der Waals surface area (Å²) in [5.41, 5.74) is 2.91. The van der Waals surface area contributed by atoms with E-state index in [2.05, 4.69) is 67.3 Å². The van der Waals surface area contributed by atoms with E-state index in [0.717, 1.165) is 32.7 Å². The summed E-state index contributed by atoms with van der Waals surface area (Å²) in [4.78, 5) is 4.80. The van der Waals surface area contributed by atoms with Gasteiger partial charge in [-0.3, -0.25) is 4.90 Å². The highest BCUT2D eigenvalue weighted by Crippen LogP contribution is 2.12. The minimum Gasteiger partial charge on any atom is -0.313 e. The second kappa shape index (κ2) is 10.8. The summed E-state index contributed by atoms with van der Waals surface area (Å²) < 4.78 is 0. The van der Waals surface area contributed by atoms with E-state index >= 15 is 0 Å². The molecule has 1 aromatic rings. The Morgan fingerprint density at radius 1 is 1.00 bits per heavy atom. The molecule has 1 N–H and O–H groups in total. The Kier molecular flexibility index (Phi) is 9.31. The molecule has 120 valence electrons. The molecule has 0 aliphatic carbocycles. The van der Waals surface area contributed by atoms with Gasteiger partial charge in [-0.15, -0.1) is 0 Å². The molecule has 21 heavy (non-hydrogen) atoms. The van der Waals surface area contributed by atoms with Gasteiger partial charge in [-0.2, -0.15) is 0 Å². The maximum absolute atomic E-state index is 3.52. The summed E-state index contributed by atoms with van der Waals surface area (Å²) in [6, 6.07) is 8.84. The predicted molar refractivity (Wildman–Crippen MR) is 92.6 cm³/mol. The van der Waals surface area contributed by atoms with Crippen LogP contribution in [-0.4, -0.2) is 50.1 Å². The summed E-state index contributed by atoms with van der Waals surface area (Å²) in [5, 5.41) is 3.52. The lowest BCUT2D eigenvalue weighted by atomic mass is 10.1. The minimum absolute atomic E-state index is 0.985. The van der Waals surface area contributed by atoms with Crippen molar-refractivity contribution in [3.05, 3.63) is 35.4 Å². The van der Waals surface area contributed by atoms with Crippen LogP contribution in [0.15, 0.2) is 24.3 Å². The second-order valence-electron chi connectivity index (χ2n) is 5.97. The number of benzene rings is 1. The Labute approximate surface area is 131 Å². The summed E-state index contributed by atoms with van der Waals surface area (Å²) in [7, 11) is 4.29. The normalized spacial score (nSPS) is 11.5. The zero-order valence-corrected chi connectivity index (χ0v) is 14.4. The highest BCUT2D eigenvalue weighted by Gasteiger charge is 2.07. The van der Waals surface area contributed by atoms with Crippen LogP contribution in [0, 0.1) is 0 Å². The monoisotopic (exact) mass is 291 g/mol. The molecule has 0 aliphatic heterocycles. The Morgan fingerprint density at radius 3 is 2.33 bits per heavy atom. The molecule has 0 fully saturated rings. The van der Waals surface area contributed by atoms with Gasteiger partial charge in [0.15, 0.2) is 0 Å². The highest BCUT2D eigenvalue weighted by molar-refractivity contribution is 5.27. The third-order valence-electron chi connectivity index (χ3n) is 3.78. The quantitative estimate of drug-likeness (QED) is 0.632. The number of nitrogens with one attached hydrogen (secondary N) is 1. The average molecular weight is 291 g/mol. The van der Waals surface area contributed by atoms with Crippen LogP contribution in [0.3, 0.4) is 0 Å². The van der Waals surface area contributed by atoms with E-state index in [1.54, 1.807) is 0 Å². The summed E-state index contributed by atoms with van der Waals surface area (Å²) in [5.74, 6) is 0. The summed E-state index contributed by atoms with van der Waals surface area (Å²) >= 11 is 0. The molecule has 0 aliphatic rings. The van der Waals surface area contributed by atoms with Gasteiger partial charge in [0.05, 0.1) is 0 Å². The van der Waals surface area contributed by atoms with Gasteiger partial charge in [0, 0.05) is 13.1 Å². The molecular formula is C18H33N3. The minimum atomic E-state index is 0.985.